The molecule has 0 spiro atoms. The van der Waals surface area contributed by atoms with Gasteiger partial charge in [-0.3, -0.25) is 0 Å². The summed E-state index contributed by atoms with van der Waals surface area (Å²) in [7, 11) is -1.44. The predicted molar refractivity (Wildman–Crippen MR) is 216 cm³/mol. The van der Waals surface area contributed by atoms with Gasteiger partial charge in [0.2, 0.25) is 0 Å². The van der Waals surface area contributed by atoms with Crippen LogP contribution in [0.1, 0.15) is 103 Å². The van der Waals surface area contributed by atoms with Crippen LogP contribution in [-0.4, -0.2) is 28.0 Å². The Balaban J connectivity index is 1.59. The maximum absolute atomic E-state index is 5.25. The SMILES string of the molecule is CCCCCc1c2nc(c(Br)c3ccc([nH]3)c(CCCCC)c3ccc([nH]3)c(C#Cc3ccc(C#C[Si](C)(C)C)cc3)c3nc1C=C3)C=C2. The normalized spacial score (nSPS) is 12.0. The van der Waals surface area contributed by atoms with E-state index >= 15 is 0 Å². The fraction of sp³-hybridized carbons (Fsp3) is 0.302. The Morgan fingerprint density at radius 1 is 0.571 bits per heavy atom. The van der Waals surface area contributed by atoms with Gasteiger partial charge in [0.15, 0.2) is 0 Å². The van der Waals surface area contributed by atoms with Crippen molar-refractivity contribution in [3.8, 4) is 23.3 Å². The second-order valence-electron chi connectivity index (χ2n) is 13.9. The molecule has 3 aromatic heterocycles. The molecule has 2 aliphatic rings. The predicted octanol–water partition coefficient (Wildman–Crippen LogP) is 11.5. The lowest BCUT2D eigenvalue weighted by molar-refractivity contribution is 0.714. The van der Waals surface area contributed by atoms with Gasteiger partial charge in [-0.1, -0.05) is 76.9 Å². The maximum Gasteiger partial charge on any atom is 0.129 e. The second kappa shape index (κ2) is 15.5. The minimum Gasteiger partial charge on any atom is -0.354 e. The van der Waals surface area contributed by atoms with Gasteiger partial charge in [0.1, 0.15) is 8.07 Å². The number of hydrogen-bond acceptors (Lipinski definition) is 2. The minimum atomic E-state index is -1.44. The highest BCUT2D eigenvalue weighted by atomic mass is 79.9. The number of hydrogen-bond donors (Lipinski definition) is 2. The van der Waals surface area contributed by atoms with Gasteiger partial charge in [-0.05, 0) is 120 Å². The molecule has 0 fully saturated rings. The van der Waals surface area contributed by atoms with Gasteiger partial charge in [0.05, 0.1) is 43.8 Å². The van der Waals surface area contributed by atoms with E-state index in [2.05, 4.69) is 156 Å². The molecule has 0 radical (unpaired) electrons. The average Bonchev–Trinajstić information content (AvgIpc) is 3.92. The lowest BCUT2D eigenvalue weighted by Crippen LogP contribution is -2.16. The molecule has 5 heterocycles. The summed E-state index contributed by atoms with van der Waals surface area (Å²) in [6.45, 7) is 11.3. The summed E-state index contributed by atoms with van der Waals surface area (Å²) in [6.07, 6.45) is 17.3. The molecule has 0 saturated carbocycles. The summed E-state index contributed by atoms with van der Waals surface area (Å²) in [5.74, 6) is 10.3. The molecule has 2 aliphatic heterocycles. The van der Waals surface area contributed by atoms with Crippen LogP contribution in [0, 0.1) is 23.3 Å². The lowest BCUT2D eigenvalue weighted by atomic mass is 10.0. The molecule has 2 N–H and O–H groups in total. The summed E-state index contributed by atoms with van der Waals surface area (Å²) < 4.78 is 0.961. The Hall–Kier alpha value is -4.36. The van der Waals surface area contributed by atoms with Crippen molar-refractivity contribution in [3.05, 3.63) is 104 Å². The number of aromatic amines is 2. The largest absolute Gasteiger partial charge is 0.354 e. The van der Waals surface area contributed by atoms with Gasteiger partial charge in [-0.2, -0.15) is 0 Å². The molecule has 1 aromatic carbocycles. The van der Waals surface area contributed by atoms with Crippen molar-refractivity contribution in [1.82, 2.24) is 19.9 Å². The smallest absolute Gasteiger partial charge is 0.129 e. The summed E-state index contributed by atoms with van der Waals surface area (Å²) in [5.41, 5.74) is 16.7. The van der Waals surface area contributed by atoms with E-state index in [1.54, 1.807) is 0 Å². The summed E-state index contributed by atoms with van der Waals surface area (Å²) in [4.78, 5) is 17.9. The third-order valence-electron chi connectivity index (χ3n) is 8.77. The van der Waals surface area contributed by atoms with E-state index < -0.39 is 8.07 Å². The first-order valence-corrected chi connectivity index (χ1v) is 22.0. The zero-order chi connectivity index (χ0) is 34.4. The molecule has 0 unspecified atom stereocenters. The van der Waals surface area contributed by atoms with Crippen molar-refractivity contribution in [2.24, 2.45) is 0 Å². The van der Waals surface area contributed by atoms with Crippen LogP contribution in [0.25, 0.3) is 46.4 Å². The number of fused-ring (bicyclic) bond motifs is 8. The first-order chi connectivity index (χ1) is 23.7. The summed E-state index contributed by atoms with van der Waals surface area (Å²) in [6, 6.07) is 17.0. The third-order valence-corrected chi connectivity index (χ3v) is 10.5. The van der Waals surface area contributed by atoms with Crippen LogP contribution in [-0.2, 0) is 12.8 Å². The third kappa shape index (κ3) is 8.45. The van der Waals surface area contributed by atoms with Crippen molar-refractivity contribution < 1.29 is 0 Å². The zero-order valence-corrected chi connectivity index (χ0v) is 31.9. The molecule has 4 nitrogen and oxygen atoms in total. The average molecular weight is 726 g/mol. The van der Waals surface area contributed by atoms with E-state index in [9.17, 15) is 0 Å². The van der Waals surface area contributed by atoms with Crippen LogP contribution in [0.15, 0.2) is 53.0 Å². The number of halogens is 1. The topological polar surface area (TPSA) is 57.4 Å². The molecule has 0 saturated heterocycles. The van der Waals surface area contributed by atoms with Crippen LogP contribution in [0.2, 0.25) is 19.6 Å². The van der Waals surface area contributed by atoms with E-state index in [1.807, 2.05) is 0 Å². The Labute approximate surface area is 300 Å². The highest BCUT2D eigenvalue weighted by Gasteiger charge is 2.16. The highest BCUT2D eigenvalue weighted by Crippen LogP contribution is 2.30. The number of benzene rings is 1. The second-order valence-corrected chi connectivity index (χ2v) is 19.4. The Kier molecular flexibility index (Phi) is 10.9. The molecule has 8 bridgehead atoms. The molecule has 0 aliphatic carbocycles. The fourth-order valence-corrected chi connectivity index (χ4v) is 7.05. The first kappa shape index (κ1) is 34.5. The van der Waals surface area contributed by atoms with Gasteiger partial charge in [-0.15, -0.1) is 5.54 Å². The molecular formula is C43H45BrN4Si. The van der Waals surface area contributed by atoms with E-state index in [0.29, 0.717) is 0 Å². The van der Waals surface area contributed by atoms with Crippen LogP contribution in [0.5, 0.6) is 0 Å². The number of aryl methyl sites for hydroxylation is 1. The number of aromatic nitrogens is 4. The van der Waals surface area contributed by atoms with Crippen molar-refractivity contribution in [1.29, 1.82) is 0 Å². The number of rotatable bonds is 8. The Bertz CT molecular complexity index is 2200. The van der Waals surface area contributed by atoms with Gasteiger partial charge >= 0.3 is 0 Å². The zero-order valence-electron chi connectivity index (χ0n) is 29.4. The molecule has 0 atom stereocenters. The fourth-order valence-electron chi connectivity index (χ4n) is 6.08. The molecular weight excluding hydrogens is 680 g/mol. The maximum atomic E-state index is 5.25. The van der Waals surface area contributed by atoms with Crippen molar-refractivity contribution >= 4 is 70.4 Å². The molecule has 248 valence electrons. The molecule has 0 amide bonds. The molecule has 4 aromatic rings. The van der Waals surface area contributed by atoms with Gasteiger partial charge in [0.25, 0.3) is 0 Å². The van der Waals surface area contributed by atoms with E-state index in [-0.39, 0.29) is 0 Å². The summed E-state index contributed by atoms with van der Waals surface area (Å²) in [5, 5.41) is 0. The minimum absolute atomic E-state index is 0.864. The van der Waals surface area contributed by atoms with E-state index in [4.69, 9.17) is 9.97 Å². The van der Waals surface area contributed by atoms with Crippen molar-refractivity contribution in [2.45, 2.75) is 84.9 Å². The number of nitrogens with zero attached hydrogens (tertiary/aromatic N) is 2. The Morgan fingerprint density at radius 2 is 1.08 bits per heavy atom. The highest BCUT2D eigenvalue weighted by molar-refractivity contribution is 9.10. The monoisotopic (exact) mass is 724 g/mol. The van der Waals surface area contributed by atoms with Crippen LogP contribution in [0.3, 0.4) is 0 Å². The standard InChI is InChI=1S/C43H45BrN4Si/c1-6-8-10-12-32-35-20-22-39(45-35)34(19-18-30-14-16-31(17-15-30)28-29-49(3,4)5)40-23-21-36(46-40)33(13-11-9-7-2)38-25-27-42(48-38)43(44)41-26-24-37(32)47-41/h14-17,20-27,45,47H,6-13H2,1-5H3. The van der Waals surface area contributed by atoms with Crippen molar-refractivity contribution in [3.63, 3.8) is 0 Å². The van der Waals surface area contributed by atoms with Crippen LogP contribution in [0.4, 0.5) is 0 Å². The Morgan fingerprint density at radius 3 is 1.71 bits per heavy atom. The molecule has 6 rings (SSSR count). The molecule has 6 heteroatoms. The van der Waals surface area contributed by atoms with E-state index in [1.165, 1.54) is 30.4 Å². The number of unbranched alkanes of at least 4 members (excludes halogenated alkanes) is 4. The number of nitrogens with one attached hydrogen (secondary N) is 2. The quantitative estimate of drug-likeness (QED) is 0.0932. The van der Waals surface area contributed by atoms with Crippen LogP contribution >= 0.6 is 15.9 Å². The van der Waals surface area contributed by atoms with E-state index in [0.717, 1.165) is 98.1 Å². The lowest BCUT2D eigenvalue weighted by Gasteiger charge is -2.04. The number of H-pyrrole nitrogens is 2. The molecule has 49 heavy (non-hydrogen) atoms. The summed E-state index contributed by atoms with van der Waals surface area (Å²) >= 11 is 3.89. The first-order valence-electron chi connectivity index (χ1n) is 17.7. The van der Waals surface area contributed by atoms with Crippen molar-refractivity contribution in [2.75, 3.05) is 0 Å². The van der Waals surface area contributed by atoms with Gasteiger partial charge in [0, 0.05) is 27.7 Å². The van der Waals surface area contributed by atoms with Gasteiger partial charge in [-0.25, -0.2) is 9.97 Å². The van der Waals surface area contributed by atoms with Gasteiger partial charge < -0.3 is 9.97 Å². The van der Waals surface area contributed by atoms with Crippen LogP contribution < -0.4 is 0 Å².